The van der Waals surface area contributed by atoms with E-state index in [2.05, 4.69) is 5.32 Å². The van der Waals surface area contributed by atoms with Crippen LogP contribution < -0.4 is 5.32 Å². The molecule has 8 nitrogen and oxygen atoms in total. The summed E-state index contributed by atoms with van der Waals surface area (Å²) in [7, 11) is -3.15. The van der Waals surface area contributed by atoms with E-state index in [9.17, 15) is 22.8 Å². The van der Waals surface area contributed by atoms with Crippen LogP contribution in [0.2, 0.25) is 0 Å². The molecule has 0 radical (unpaired) electrons. The lowest BCUT2D eigenvalue weighted by molar-refractivity contribution is -0.156. The van der Waals surface area contributed by atoms with Gasteiger partial charge in [0.25, 0.3) is 5.91 Å². The Hall–Kier alpha value is -2.42. The molecule has 0 saturated carbocycles. The summed E-state index contributed by atoms with van der Waals surface area (Å²) in [4.78, 5) is 39.3. The Bertz CT molecular complexity index is 898. The molecule has 1 aromatic carbocycles. The number of carbonyl (C=O) groups excluding carboxylic acids is 3. The third-order valence-electron chi connectivity index (χ3n) is 5.31. The minimum atomic E-state index is -3.15. The van der Waals surface area contributed by atoms with Crippen LogP contribution in [0.5, 0.6) is 0 Å². The number of benzene rings is 1. The Morgan fingerprint density at radius 3 is 2.31 bits per heavy atom. The third kappa shape index (κ3) is 7.93. The summed E-state index contributed by atoms with van der Waals surface area (Å²) in [6, 6.07) is 7.89. The van der Waals surface area contributed by atoms with Crippen molar-refractivity contribution in [2.45, 2.75) is 52.6 Å². The van der Waals surface area contributed by atoms with Gasteiger partial charge in [0.2, 0.25) is 5.91 Å². The first-order valence-corrected chi connectivity index (χ1v) is 12.8. The predicted octanol–water partition coefficient (Wildman–Crippen LogP) is 1.58. The average Bonchev–Trinajstić information content (AvgIpc) is 3.08. The van der Waals surface area contributed by atoms with Crippen LogP contribution in [0.1, 0.15) is 39.7 Å². The fourth-order valence-electron chi connectivity index (χ4n) is 3.68. The van der Waals surface area contributed by atoms with Crippen LogP contribution >= 0.6 is 0 Å². The molecular weight excluding hydrogens is 432 g/mol. The maximum absolute atomic E-state index is 12.8. The Morgan fingerprint density at radius 2 is 1.78 bits per heavy atom. The number of hydrogen-bond donors (Lipinski definition) is 1. The van der Waals surface area contributed by atoms with Crippen molar-refractivity contribution in [3.05, 3.63) is 35.9 Å². The number of amides is 2. The molecule has 1 N–H and O–H groups in total. The van der Waals surface area contributed by atoms with Crippen molar-refractivity contribution < 1.29 is 27.5 Å². The fraction of sp³-hybridized carbons (Fsp3) is 0.609. The Morgan fingerprint density at radius 1 is 1.12 bits per heavy atom. The van der Waals surface area contributed by atoms with Gasteiger partial charge in [0.1, 0.15) is 6.04 Å². The van der Waals surface area contributed by atoms with Gasteiger partial charge < -0.3 is 15.0 Å². The molecule has 1 aromatic rings. The summed E-state index contributed by atoms with van der Waals surface area (Å²) in [5, 5.41) is 2.70. The molecule has 1 fully saturated rings. The molecular formula is C23H34N2O6S. The monoisotopic (exact) mass is 466 g/mol. The SMILES string of the molecule is CC(C)CN(C(=O)COC(=O)C(NC(=O)Cc1ccccc1)C(C)C)C1CCS(=O)(=O)C1. The molecule has 9 heteroatoms. The highest BCUT2D eigenvalue weighted by Gasteiger charge is 2.35. The van der Waals surface area contributed by atoms with Crippen molar-refractivity contribution in [2.24, 2.45) is 11.8 Å². The summed E-state index contributed by atoms with van der Waals surface area (Å²) in [6.45, 7) is 7.34. The van der Waals surface area contributed by atoms with Crippen molar-refractivity contribution in [1.29, 1.82) is 0 Å². The molecule has 2 unspecified atom stereocenters. The number of esters is 1. The quantitative estimate of drug-likeness (QED) is 0.525. The number of rotatable bonds is 10. The first kappa shape index (κ1) is 25.8. The van der Waals surface area contributed by atoms with Crippen LogP contribution in [0.15, 0.2) is 30.3 Å². The first-order chi connectivity index (χ1) is 15.0. The zero-order valence-electron chi connectivity index (χ0n) is 19.2. The summed E-state index contributed by atoms with van der Waals surface area (Å²) in [5.74, 6) is -1.52. The van der Waals surface area contributed by atoms with E-state index in [1.807, 2.05) is 44.2 Å². The van der Waals surface area contributed by atoms with Gasteiger partial charge >= 0.3 is 5.97 Å². The van der Waals surface area contributed by atoms with Crippen LogP contribution in [-0.4, -0.2) is 67.8 Å². The Kier molecular flexibility index (Phi) is 9.24. The van der Waals surface area contributed by atoms with Crippen LogP contribution in [0.4, 0.5) is 0 Å². The molecule has 0 bridgehead atoms. The van der Waals surface area contributed by atoms with E-state index >= 15 is 0 Å². The van der Waals surface area contributed by atoms with Crippen molar-refractivity contribution in [3.63, 3.8) is 0 Å². The van der Waals surface area contributed by atoms with Crippen LogP contribution in [0, 0.1) is 11.8 Å². The van der Waals surface area contributed by atoms with E-state index in [0.717, 1.165) is 5.56 Å². The number of sulfone groups is 1. The van der Waals surface area contributed by atoms with E-state index in [1.165, 1.54) is 4.90 Å². The van der Waals surface area contributed by atoms with Crippen molar-refractivity contribution in [2.75, 3.05) is 24.7 Å². The summed E-state index contributed by atoms with van der Waals surface area (Å²) in [6.07, 6.45) is 0.521. The molecule has 2 amide bonds. The summed E-state index contributed by atoms with van der Waals surface area (Å²) < 4.78 is 29.0. The lowest BCUT2D eigenvalue weighted by Crippen LogP contribution is -2.48. The minimum Gasteiger partial charge on any atom is -0.454 e. The lowest BCUT2D eigenvalue weighted by Gasteiger charge is -2.30. The van der Waals surface area contributed by atoms with Gasteiger partial charge in [-0.05, 0) is 23.8 Å². The van der Waals surface area contributed by atoms with E-state index in [1.54, 1.807) is 13.8 Å². The second kappa shape index (κ2) is 11.4. The number of carbonyl (C=O) groups is 3. The molecule has 178 valence electrons. The molecule has 1 heterocycles. The van der Waals surface area contributed by atoms with Gasteiger partial charge in [-0.3, -0.25) is 9.59 Å². The second-order valence-electron chi connectivity index (χ2n) is 9.06. The number of nitrogens with zero attached hydrogens (tertiary/aromatic N) is 1. The number of hydrogen-bond acceptors (Lipinski definition) is 6. The lowest BCUT2D eigenvalue weighted by atomic mass is 10.0. The normalized spacial score (nSPS) is 18.4. The highest BCUT2D eigenvalue weighted by Crippen LogP contribution is 2.19. The smallest absolute Gasteiger partial charge is 0.329 e. The molecule has 32 heavy (non-hydrogen) atoms. The van der Waals surface area contributed by atoms with Crippen LogP contribution in [0.3, 0.4) is 0 Å². The predicted molar refractivity (Wildman–Crippen MR) is 121 cm³/mol. The maximum atomic E-state index is 12.8. The number of nitrogens with one attached hydrogen (secondary N) is 1. The Labute approximate surface area is 190 Å². The van der Waals surface area contributed by atoms with E-state index < -0.39 is 40.4 Å². The molecule has 0 aromatic heterocycles. The van der Waals surface area contributed by atoms with Crippen LogP contribution in [-0.2, 0) is 35.4 Å². The van der Waals surface area contributed by atoms with Crippen molar-refractivity contribution >= 4 is 27.6 Å². The minimum absolute atomic E-state index is 0.0577. The van der Waals surface area contributed by atoms with Gasteiger partial charge in [-0.2, -0.15) is 0 Å². The van der Waals surface area contributed by atoms with Gasteiger partial charge in [-0.1, -0.05) is 58.0 Å². The van der Waals surface area contributed by atoms with E-state index in [4.69, 9.17) is 4.74 Å². The summed E-state index contributed by atoms with van der Waals surface area (Å²) in [5.41, 5.74) is 0.826. The van der Waals surface area contributed by atoms with Crippen LogP contribution in [0.25, 0.3) is 0 Å². The molecule has 0 aliphatic carbocycles. The van der Waals surface area contributed by atoms with Crippen molar-refractivity contribution in [1.82, 2.24) is 10.2 Å². The van der Waals surface area contributed by atoms with E-state index in [-0.39, 0.29) is 35.7 Å². The van der Waals surface area contributed by atoms with Gasteiger partial charge in [0, 0.05) is 12.6 Å². The molecule has 2 atom stereocenters. The highest BCUT2D eigenvalue weighted by molar-refractivity contribution is 7.91. The largest absolute Gasteiger partial charge is 0.454 e. The van der Waals surface area contributed by atoms with E-state index in [0.29, 0.717) is 13.0 Å². The molecule has 1 aliphatic rings. The highest BCUT2D eigenvalue weighted by atomic mass is 32.2. The third-order valence-corrected chi connectivity index (χ3v) is 7.06. The molecule has 2 rings (SSSR count). The first-order valence-electron chi connectivity index (χ1n) is 11.0. The van der Waals surface area contributed by atoms with Gasteiger partial charge in [-0.15, -0.1) is 0 Å². The van der Waals surface area contributed by atoms with Crippen molar-refractivity contribution in [3.8, 4) is 0 Å². The molecule has 0 spiro atoms. The Balaban J connectivity index is 1.96. The molecule has 1 aliphatic heterocycles. The number of ether oxygens (including phenoxy) is 1. The zero-order valence-corrected chi connectivity index (χ0v) is 20.1. The fourth-order valence-corrected chi connectivity index (χ4v) is 5.41. The standard InChI is InChI=1S/C23H34N2O6S/c1-16(2)13-25(19-10-11-32(29,30)15-19)21(27)14-31-23(28)22(17(3)4)24-20(26)12-18-8-6-5-7-9-18/h5-9,16-17,19,22H,10-15H2,1-4H3,(H,24,26). The van der Waals surface area contributed by atoms with Gasteiger partial charge in [0.15, 0.2) is 16.4 Å². The van der Waals surface area contributed by atoms with Gasteiger partial charge in [-0.25, -0.2) is 13.2 Å². The molecule has 1 saturated heterocycles. The zero-order chi connectivity index (χ0) is 23.9. The average molecular weight is 467 g/mol. The second-order valence-corrected chi connectivity index (χ2v) is 11.3. The van der Waals surface area contributed by atoms with Gasteiger partial charge in [0.05, 0.1) is 17.9 Å². The maximum Gasteiger partial charge on any atom is 0.329 e. The topological polar surface area (TPSA) is 110 Å². The summed E-state index contributed by atoms with van der Waals surface area (Å²) >= 11 is 0.